The summed E-state index contributed by atoms with van der Waals surface area (Å²) in [6.07, 6.45) is 0.719. The second-order valence-corrected chi connectivity index (χ2v) is 4.60. The second kappa shape index (κ2) is 5.32. The molecule has 0 N–H and O–H groups in total. The van der Waals surface area contributed by atoms with Crippen LogP contribution in [0.4, 0.5) is 4.39 Å². The minimum Gasteiger partial charge on any atom is -0.497 e. The molecule has 0 aliphatic heterocycles. The van der Waals surface area contributed by atoms with Crippen LogP contribution in [0.1, 0.15) is 10.4 Å². The lowest BCUT2D eigenvalue weighted by molar-refractivity contribution is 0.112. The van der Waals surface area contributed by atoms with E-state index < -0.39 is 0 Å². The molecule has 104 valence electrons. The Morgan fingerprint density at radius 1 is 1.10 bits per heavy atom. The Labute approximate surface area is 121 Å². The summed E-state index contributed by atoms with van der Waals surface area (Å²) in [5.41, 5.74) is 2.54. The number of ether oxygens (including phenoxy) is 1. The van der Waals surface area contributed by atoms with E-state index in [0.29, 0.717) is 22.2 Å². The van der Waals surface area contributed by atoms with Crippen LogP contribution in [-0.2, 0) is 0 Å². The average molecular weight is 281 g/mol. The summed E-state index contributed by atoms with van der Waals surface area (Å²) in [7, 11) is 1.60. The topological polar surface area (TPSA) is 39.2 Å². The highest BCUT2D eigenvalue weighted by Gasteiger charge is 2.08. The minimum absolute atomic E-state index is 0.385. The van der Waals surface area contributed by atoms with Gasteiger partial charge in [-0.15, -0.1) is 0 Å². The van der Waals surface area contributed by atoms with Crippen LogP contribution in [0, 0.1) is 5.82 Å². The maximum absolute atomic E-state index is 13.3. The first kappa shape index (κ1) is 13.2. The Kier molecular flexibility index (Phi) is 3.36. The van der Waals surface area contributed by atoms with Crippen LogP contribution < -0.4 is 4.74 Å². The molecule has 2 aromatic carbocycles. The molecular weight excluding hydrogens is 269 g/mol. The van der Waals surface area contributed by atoms with Gasteiger partial charge in [0.15, 0.2) is 6.29 Å². The molecule has 3 rings (SSSR count). The van der Waals surface area contributed by atoms with Crippen molar-refractivity contribution < 1.29 is 13.9 Å². The van der Waals surface area contributed by atoms with Gasteiger partial charge in [-0.3, -0.25) is 4.79 Å². The van der Waals surface area contributed by atoms with E-state index in [-0.39, 0.29) is 5.82 Å². The zero-order valence-corrected chi connectivity index (χ0v) is 11.3. The highest BCUT2D eigenvalue weighted by molar-refractivity contribution is 5.98. The largest absolute Gasteiger partial charge is 0.497 e. The maximum Gasteiger partial charge on any atom is 0.150 e. The zero-order chi connectivity index (χ0) is 14.8. The number of hydrogen-bond donors (Lipinski definition) is 0. The molecule has 0 radical (unpaired) electrons. The fraction of sp³-hybridized carbons (Fsp3) is 0.0588. The molecule has 0 spiro atoms. The van der Waals surface area contributed by atoms with Gasteiger partial charge < -0.3 is 4.74 Å². The zero-order valence-electron chi connectivity index (χ0n) is 11.3. The quantitative estimate of drug-likeness (QED) is 0.684. The van der Waals surface area contributed by atoms with E-state index in [1.165, 1.54) is 12.1 Å². The molecule has 3 aromatic rings. The standard InChI is InChI=1S/C17H12FNO2/c1-21-14-5-2-11(3-6-14)17-8-12(10-20)15-9-13(18)4-7-16(15)19-17/h2-10H,1H3. The molecule has 0 aliphatic rings. The van der Waals surface area contributed by atoms with E-state index in [0.717, 1.165) is 17.6 Å². The van der Waals surface area contributed by atoms with Gasteiger partial charge in [-0.05, 0) is 48.5 Å². The van der Waals surface area contributed by atoms with Crippen molar-refractivity contribution in [2.24, 2.45) is 0 Å². The van der Waals surface area contributed by atoms with Gasteiger partial charge in [0, 0.05) is 16.5 Å². The number of hydrogen-bond acceptors (Lipinski definition) is 3. The summed E-state index contributed by atoms with van der Waals surface area (Å²) in [6, 6.07) is 13.3. The van der Waals surface area contributed by atoms with Crippen molar-refractivity contribution in [1.82, 2.24) is 4.98 Å². The monoisotopic (exact) mass is 281 g/mol. The molecule has 0 amide bonds. The van der Waals surface area contributed by atoms with Crippen molar-refractivity contribution in [3.05, 3.63) is 59.9 Å². The third kappa shape index (κ3) is 2.48. The van der Waals surface area contributed by atoms with Crippen molar-refractivity contribution in [3.8, 4) is 17.0 Å². The number of carbonyl (C=O) groups is 1. The number of rotatable bonds is 3. The molecule has 0 bridgehead atoms. The SMILES string of the molecule is COc1ccc(-c2cc(C=O)c3cc(F)ccc3n2)cc1. The first-order valence-corrected chi connectivity index (χ1v) is 6.41. The van der Waals surface area contributed by atoms with Crippen molar-refractivity contribution in [3.63, 3.8) is 0 Å². The Hall–Kier alpha value is -2.75. The fourth-order valence-electron chi connectivity index (χ4n) is 2.23. The highest BCUT2D eigenvalue weighted by atomic mass is 19.1. The van der Waals surface area contributed by atoms with Crippen LogP contribution in [0.5, 0.6) is 5.75 Å². The van der Waals surface area contributed by atoms with E-state index in [2.05, 4.69) is 4.98 Å². The summed E-state index contributed by atoms with van der Waals surface area (Å²) in [5.74, 6) is 0.363. The number of benzene rings is 2. The molecule has 4 heteroatoms. The van der Waals surface area contributed by atoms with E-state index >= 15 is 0 Å². The summed E-state index contributed by atoms with van der Waals surface area (Å²) in [5, 5.41) is 0.516. The van der Waals surface area contributed by atoms with Crippen LogP contribution in [0.3, 0.4) is 0 Å². The highest BCUT2D eigenvalue weighted by Crippen LogP contribution is 2.26. The maximum atomic E-state index is 13.3. The molecule has 0 unspecified atom stereocenters. The average Bonchev–Trinajstić information content (AvgIpc) is 2.54. The van der Waals surface area contributed by atoms with E-state index in [1.807, 2.05) is 24.3 Å². The summed E-state index contributed by atoms with van der Waals surface area (Å²) in [6.45, 7) is 0. The fourth-order valence-corrected chi connectivity index (χ4v) is 2.23. The van der Waals surface area contributed by atoms with Gasteiger partial charge in [-0.25, -0.2) is 9.37 Å². The van der Waals surface area contributed by atoms with Gasteiger partial charge in [0.25, 0.3) is 0 Å². The van der Waals surface area contributed by atoms with Crippen molar-refractivity contribution in [2.75, 3.05) is 7.11 Å². The molecule has 0 fully saturated rings. The Morgan fingerprint density at radius 3 is 2.52 bits per heavy atom. The summed E-state index contributed by atoms with van der Waals surface area (Å²) >= 11 is 0. The smallest absolute Gasteiger partial charge is 0.150 e. The number of fused-ring (bicyclic) bond motifs is 1. The second-order valence-electron chi connectivity index (χ2n) is 4.60. The lowest BCUT2D eigenvalue weighted by atomic mass is 10.0. The number of nitrogens with zero attached hydrogens (tertiary/aromatic N) is 1. The van der Waals surface area contributed by atoms with Crippen LogP contribution >= 0.6 is 0 Å². The van der Waals surface area contributed by atoms with Gasteiger partial charge in [0.1, 0.15) is 11.6 Å². The predicted molar refractivity (Wildman–Crippen MR) is 79.1 cm³/mol. The van der Waals surface area contributed by atoms with E-state index in [9.17, 15) is 9.18 Å². The first-order valence-electron chi connectivity index (χ1n) is 6.41. The van der Waals surface area contributed by atoms with E-state index in [4.69, 9.17) is 4.74 Å². The van der Waals surface area contributed by atoms with Crippen molar-refractivity contribution >= 4 is 17.2 Å². The molecule has 1 aromatic heterocycles. The molecule has 0 saturated heterocycles. The molecule has 0 aliphatic carbocycles. The third-order valence-electron chi connectivity index (χ3n) is 3.32. The van der Waals surface area contributed by atoms with Gasteiger partial charge in [-0.2, -0.15) is 0 Å². The summed E-state index contributed by atoms with van der Waals surface area (Å²) < 4.78 is 18.4. The van der Waals surface area contributed by atoms with Crippen molar-refractivity contribution in [2.45, 2.75) is 0 Å². The van der Waals surface area contributed by atoms with E-state index in [1.54, 1.807) is 19.2 Å². The molecule has 3 nitrogen and oxygen atoms in total. The Balaban J connectivity index is 2.18. The number of carbonyl (C=O) groups excluding carboxylic acids is 1. The molecule has 1 heterocycles. The number of halogens is 1. The van der Waals surface area contributed by atoms with Crippen LogP contribution in [0.2, 0.25) is 0 Å². The van der Waals surface area contributed by atoms with Gasteiger partial charge in [-0.1, -0.05) is 0 Å². The number of aldehydes is 1. The first-order chi connectivity index (χ1) is 10.2. The van der Waals surface area contributed by atoms with Gasteiger partial charge in [0.05, 0.1) is 18.3 Å². The minimum atomic E-state index is -0.385. The number of methoxy groups -OCH3 is 1. The Bertz CT molecular complexity index is 813. The van der Waals surface area contributed by atoms with Gasteiger partial charge >= 0.3 is 0 Å². The normalized spacial score (nSPS) is 10.6. The van der Waals surface area contributed by atoms with Crippen LogP contribution in [-0.4, -0.2) is 18.4 Å². The lowest BCUT2D eigenvalue weighted by Gasteiger charge is -2.07. The van der Waals surface area contributed by atoms with Crippen LogP contribution in [0.15, 0.2) is 48.5 Å². The number of aromatic nitrogens is 1. The van der Waals surface area contributed by atoms with Crippen LogP contribution in [0.25, 0.3) is 22.2 Å². The molecule has 21 heavy (non-hydrogen) atoms. The van der Waals surface area contributed by atoms with Crippen molar-refractivity contribution in [1.29, 1.82) is 0 Å². The Morgan fingerprint density at radius 2 is 1.86 bits per heavy atom. The van der Waals surface area contributed by atoms with Gasteiger partial charge in [0.2, 0.25) is 0 Å². The lowest BCUT2D eigenvalue weighted by Crippen LogP contribution is -1.92. The molecular formula is C17H12FNO2. The number of pyridine rings is 1. The third-order valence-corrected chi connectivity index (χ3v) is 3.32. The molecule has 0 saturated carbocycles. The summed E-state index contributed by atoms with van der Waals surface area (Å²) in [4.78, 5) is 15.7. The predicted octanol–water partition coefficient (Wildman–Crippen LogP) is 3.86. The molecule has 0 atom stereocenters.